The number of halogens is 2. The number of nitrogens with zero attached hydrogens (tertiary/aromatic N) is 3. The monoisotopic (exact) mass is 427 g/mol. The van der Waals surface area contributed by atoms with Crippen molar-refractivity contribution in [3.63, 3.8) is 0 Å². The Morgan fingerprint density at radius 2 is 2.10 bits per heavy atom. The van der Waals surface area contributed by atoms with Gasteiger partial charge in [-0.25, -0.2) is 14.4 Å². The highest BCUT2D eigenvalue weighted by molar-refractivity contribution is 5.92. The zero-order valence-electron chi connectivity index (χ0n) is 16.8. The van der Waals surface area contributed by atoms with Crippen LogP contribution in [0, 0.1) is 18.7 Å². The SMILES string of the molecule is CNC(=O)c1ccc(C2=CCN(Cc3cc(F)c4nc(C)c(=O)[nH]c4c3)OC2)c(F)n1. The summed E-state index contributed by atoms with van der Waals surface area (Å²) in [6, 6.07) is 5.92. The highest BCUT2D eigenvalue weighted by atomic mass is 19.1. The maximum Gasteiger partial charge on any atom is 0.269 e. The van der Waals surface area contributed by atoms with Crippen molar-refractivity contribution < 1.29 is 18.4 Å². The van der Waals surface area contributed by atoms with Crippen LogP contribution in [0.5, 0.6) is 0 Å². The quantitative estimate of drug-likeness (QED) is 0.619. The molecular weight excluding hydrogens is 408 g/mol. The summed E-state index contributed by atoms with van der Waals surface area (Å²) in [5.41, 5.74) is 1.66. The van der Waals surface area contributed by atoms with E-state index >= 15 is 0 Å². The molecule has 4 rings (SSSR count). The highest BCUT2D eigenvalue weighted by Crippen LogP contribution is 2.23. The van der Waals surface area contributed by atoms with E-state index in [-0.39, 0.29) is 41.2 Å². The van der Waals surface area contributed by atoms with Gasteiger partial charge in [0.25, 0.3) is 11.5 Å². The standard InChI is InChI=1S/C21H19F2N5O3/c1-11-20(29)27-17-8-12(7-15(22)18(17)25-11)9-28-6-5-13(10-31-28)14-3-4-16(21(30)24-2)26-19(14)23/h3-5,7-8H,6,9-10H2,1-2H3,(H,24,30)(H,27,29). The third-order valence-corrected chi connectivity index (χ3v) is 4.94. The summed E-state index contributed by atoms with van der Waals surface area (Å²) in [5, 5.41) is 3.98. The first kappa shape index (κ1) is 20.8. The Hall–Kier alpha value is -3.50. The molecule has 0 saturated heterocycles. The number of carbonyl (C=O) groups excluding carboxylic acids is 1. The molecule has 10 heteroatoms. The number of amides is 1. The molecule has 2 N–H and O–H groups in total. The second-order valence-electron chi connectivity index (χ2n) is 7.06. The van der Waals surface area contributed by atoms with Crippen LogP contribution in [0.4, 0.5) is 8.78 Å². The molecule has 0 atom stereocenters. The summed E-state index contributed by atoms with van der Waals surface area (Å²) in [4.78, 5) is 39.3. The van der Waals surface area contributed by atoms with E-state index in [1.54, 1.807) is 17.2 Å². The molecule has 2 aromatic heterocycles. The van der Waals surface area contributed by atoms with Gasteiger partial charge in [-0.2, -0.15) is 9.45 Å². The van der Waals surface area contributed by atoms with Crippen LogP contribution in [0.2, 0.25) is 0 Å². The number of hydrogen-bond acceptors (Lipinski definition) is 6. The number of pyridine rings is 1. The highest BCUT2D eigenvalue weighted by Gasteiger charge is 2.19. The topological polar surface area (TPSA) is 100 Å². The first-order chi connectivity index (χ1) is 14.9. The van der Waals surface area contributed by atoms with Crippen molar-refractivity contribution in [2.24, 2.45) is 0 Å². The summed E-state index contributed by atoms with van der Waals surface area (Å²) in [5.74, 6) is -1.77. The minimum Gasteiger partial charge on any atom is -0.354 e. The van der Waals surface area contributed by atoms with Crippen LogP contribution in [-0.2, 0) is 11.4 Å². The van der Waals surface area contributed by atoms with Crippen LogP contribution in [0.25, 0.3) is 16.6 Å². The molecular formula is C21H19F2N5O3. The molecule has 0 unspecified atom stereocenters. The Balaban J connectivity index is 1.51. The van der Waals surface area contributed by atoms with Gasteiger partial charge < -0.3 is 10.3 Å². The number of fused-ring (bicyclic) bond motifs is 1. The second kappa shape index (κ2) is 8.32. The lowest BCUT2D eigenvalue weighted by Crippen LogP contribution is -2.29. The lowest BCUT2D eigenvalue weighted by atomic mass is 10.1. The molecule has 1 amide bonds. The Morgan fingerprint density at radius 3 is 2.77 bits per heavy atom. The smallest absolute Gasteiger partial charge is 0.269 e. The van der Waals surface area contributed by atoms with Crippen molar-refractivity contribution in [2.45, 2.75) is 13.5 Å². The first-order valence-corrected chi connectivity index (χ1v) is 9.50. The first-order valence-electron chi connectivity index (χ1n) is 9.50. The largest absolute Gasteiger partial charge is 0.354 e. The maximum absolute atomic E-state index is 14.4. The summed E-state index contributed by atoms with van der Waals surface area (Å²) < 4.78 is 28.8. The number of aromatic amines is 1. The Labute approximate surface area is 175 Å². The number of hydroxylamine groups is 2. The summed E-state index contributed by atoms with van der Waals surface area (Å²) in [7, 11) is 1.44. The van der Waals surface area contributed by atoms with Gasteiger partial charge >= 0.3 is 0 Å². The summed E-state index contributed by atoms with van der Waals surface area (Å²) >= 11 is 0. The number of H-pyrrole nitrogens is 1. The van der Waals surface area contributed by atoms with Gasteiger partial charge in [-0.1, -0.05) is 6.08 Å². The molecule has 0 saturated carbocycles. The number of rotatable bonds is 4. The molecule has 160 valence electrons. The van der Waals surface area contributed by atoms with Crippen molar-refractivity contribution in [1.29, 1.82) is 0 Å². The van der Waals surface area contributed by atoms with Crippen molar-refractivity contribution >= 4 is 22.5 Å². The predicted molar refractivity (Wildman–Crippen MR) is 109 cm³/mol. The van der Waals surface area contributed by atoms with Crippen molar-refractivity contribution in [1.82, 2.24) is 25.3 Å². The molecule has 0 bridgehead atoms. The van der Waals surface area contributed by atoms with E-state index in [0.717, 1.165) is 0 Å². The maximum atomic E-state index is 14.4. The van der Waals surface area contributed by atoms with Gasteiger partial charge in [0.2, 0.25) is 5.95 Å². The van der Waals surface area contributed by atoms with Gasteiger partial charge in [-0.05, 0) is 42.3 Å². The van der Waals surface area contributed by atoms with E-state index in [4.69, 9.17) is 4.84 Å². The van der Waals surface area contributed by atoms with Crippen LogP contribution in [0.15, 0.2) is 35.1 Å². The van der Waals surface area contributed by atoms with E-state index in [1.807, 2.05) is 0 Å². The van der Waals surface area contributed by atoms with E-state index in [0.29, 0.717) is 23.2 Å². The average molecular weight is 427 g/mol. The van der Waals surface area contributed by atoms with Gasteiger partial charge in [0.05, 0.1) is 12.1 Å². The number of nitrogens with one attached hydrogen (secondary N) is 2. The van der Waals surface area contributed by atoms with Crippen LogP contribution < -0.4 is 10.9 Å². The van der Waals surface area contributed by atoms with Crippen LogP contribution in [0.3, 0.4) is 0 Å². The Morgan fingerprint density at radius 1 is 1.29 bits per heavy atom. The Bertz CT molecular complexity index is 1270. The molecule has 3 aromatic rings. The third-order valence-electron chi connectivity index (χ3n) is 4.94. The van der Waals surface area contributed by atoms with Gasteiger partial charge in [0, 0.05) is 25.7 Å². The van der Waals surface area contributed by atoms with E-state index in [2.05, 4.69) is 20.3 Å². The molecule has 0 fully saturated rings. The second-order valence-corrected chi connectivity index (χ2v) is 7.06. The van der Waals surface area contributed by atoms with Crippen LogP contribution >= 0.6 is 0 Å². The molecule has 0 radical (unpaired) electrons. The number of benzene rings is 1. The van der Waals surface area contributed by atoms with Crippen molar-refractivity contribution in [2.75, 3.05) is 20.2 Å². The normalized spacial score (nSPS) is 14.5. The van der Waals surface area contributed by atoms with Gasteiger partial charge in [0.1, 0.15) is 16.9 Å². The molecule has 8 nitrogen and oxygen atoms in total. The number of hydrogen-bond donors (Lipinski definition) is 2. The van der Waals surface area contributed by atoms with Crippen LogP contribution in [-0.4, -0.2) is 46.1 Å². The van der Waals surface area contributed by atoms with E-state index in [9.17, 15) is 18.4 Å². The fourth-order valence-corrected chi connectivity index (χ4v) is 3.30. The van der Waals surface area contributed by atoms with Crippen molar-refractivity contribution in [3.8, 4) is 0 Å². The van der Waals surface area contributed by atoms with Crippen molar-refractivity contribution in [3.05, 3.63) is 75.0 Å². The zero-order chi connectivity index (χ0) is 22.1. The predicted octanol–water partition coefficient (Wildman–Crippen LogP) is 2.10. The fraction of sp³-hybridized carbons (Fsp3) is 0.238. The summed E-state index contributed by atoms with van der Waals surface area (Å²) in [6.45, 7) is 2.18. The van der Waals surface area contributed by atoms with E-state index in [1.165, 1.54) is 32.2 Å². The summed E-state index contributed by atoms with van der Waals surface area (Å²) in [6.07, 6.45) is 1.79. The molecule has 0 spiro atoms. The molecule has 3 heterocycles. The van der Waals surface area contributed by atoms with Gasteiger partial charge in [0.15, 0.2) is 5.82 Å². The fourth-order valence-electron chi connectivity index (χ4n) is 3.30. The van der Waals surface area contributed by atoms with E-state index < -0.39 is 17.7 Å². The van der Waals surface area contributed by atoms with Crippen LogP contribution in [0.1, 0.15) is 27.3 Å². The number of aromatic nitrogens is 3. The molecule has 0 aliphatic carbocycles. The lowest BCUT2D eigenvalue weighted by molar-refractivity contribution is -0.150. The zero-order valence-corrected chi connectivity index (χ0v) is 16.8. The minimum atomic E-state index is -0.757. The average Bonchev–Trinajstić information content (AvgIpc) is 2.75. The number of aryl methyl sites for hydroxylation is 1. The Kier molecular flexibility index (Phi) is 5.57. The molecule has 1 aliphatic rings. The molecule has 31 heavy (non-hydrogen) atoms. The van der Waals surface area contributed by atoms with Gasteiger partial charge in [-0.3, -0.25) is 14.4 Å². The van der Waals surface area contributed by atoms with Gasteiger partial charge in [-0.15, -0.1) is 0 Å². The molecule has 1 aromatic carbocycles. The third kappa shape index (κ3) is 4.21. The minimum absolute atomic E-state index is 0.0104. The lowest BCUT2D eigenvalue weighted by Gasteiger charge is -2.26. The number of carbonyl (C=O) groups is 1. The molecule has 1 aliphatic heterocycles.